The Morgan fingerprint density at radius 2 is 1.64 bits per heavy atom. The Kier molecular flexibility index (Phi) is 9.56. The molecule has 1 fully saturated rings. The van der Waals surface area contributed by atoms with Gasteiger partial charge in [-0.25, -0.2) is 9.78 Å². The number of benzene rings is 3. The van der Waals surface area contributed by atoms with Crippen LogP contribution in [-0.2, 0) is 45.7 Å². The van der Waals surface area contributed by atoms with Crippen molar-refractivity contribution in [3.8, 4) is 0 Å². The average Bonchev–Trinajstić information content (AvgIpc) is 3.67. The van der Waals surface area contributed by atoms with Gasteiger partial charge in [-0.2, -0.15) is 0 Å². The molecule has 0 unspecified atom stereocenters. The summed E-state index contributed by atoms with van der Waals surface area (Å²) in [5, 5.41) is 18.5. The Labute approximate surface area is 307 Å². The lowest BCUT2D eigenvalue weighted by Crippen LogP contribution is -2.51. The van der Waals surface area contributed by atoms with E-state index in [1.807, 2.05) is 68.6 Å². The normalized spacial score (nSPS) is 18.2. The molecule has 1 atom stereocenters. The first kappa shape index (κ1) is 35.5. The number of likely N-dealkylation sites (tertiary alicyclic amines) is 1. The number of carbonyl (C=O) groups is 5. The third-order valence-corrected chi connectivity index (χ3v) is 11.0. The van der Waals surface area contributed by atoms with E-state index in [2.05, 4.69) is 20.9 Å². The van der Waals surface area contributed by atoms with Crippen molar-refractivity contribution in [3.05, 3.63) is 124 Å². The number of carboxylic acids is 1. The van der Waals surface area contributed by atoms with Gasteiger partial charge in [-0.1, -0.05) is 49.4 Å². The molecule has 1 spiro atoms. The molecule has 7 rings (SSSR count). The van der Waals surface area contributed by atoms with Gasteiger partial charge >= 0.3 is 5.97 Å². The highest BCUT2D eigenvalue weighted by Gasteiger charge is 2.51. The molecule has 12 nitrogen and oxygen atoms in total. The average molecular weight is 715 g/mol. The molecular formula is C41H42N6O6. The largest absolute Gasteiger partial charge is 0.478 e. The number of carboxylic acid groups (broad SMARTS) is 1. The molecular weight excluding hydrogens is 672 g/mol. The van der Waals surface area contributed by atoms with Gasteiger partial charge in [-0.15, -0.1) is 0 Å². The monoisotopic (exact) mass is 714 g/mol. The Bertz CT molecular complexity index is 2130. The van der Waals surface area contributed by atoms with Crippen molar-refractivity contribution in [2.45, 2.75) is 51.1 Å². The van der Waals surface area contributed by atoms with Crippen molar-refractivity contribution in [2.75, 3.05) is 37.3 Å². The minimum Gasteiger partial charge on any atom is -0.478 e. The van der Waals surface area contributed by atoms with Gasteiger partial charge in [0.25, 0.3) is 5.91 Å². The van der Waals surface area contributed by atoms with Gasteiger partial charge in [0.15, 0.2) is 0 Å². The van der Waals surface area contributed by atoms with E-state index >= 15 is 0 Å². The summed E-state index contributed by atoms with van der Waals surface area (Å²) in [6, 6.07) is 23.3. The number of fused-ring (bicyclic) bond motifs is 3. The number of rotatable bonds is 10. The van der Waals surface area contributed by atoms with Crippen LogP contribution in [0.1, 0.15) is 68.3 Å². The zero-order valence-corrected chi connectivity index (χ0v) is 29.8. The van der Waals surface area contributed by atoms with Crippen LogP contribution in [0.15, 0.2) is 85.1 Å². The fraction of sp³-hybridized carbons (Fsp3) is 0.317. The molecule has 4 aromatic rings. The summed E-state index contributed by atoms with van der Waals surface area (Å²) in [6.45, 7) is 3.13. The molecule has 12 heteroatoms. The Hall–Kier alpha value is -5.88. The highest BCUT2D eigenvalue weighted by Crippen LogP contribution is 2.47. The zero-order valence-electron chi connectivity index (χ0n) is 29.8. The number of hydrogen-bond donors (Lipinski definition) is 4. The lowest BCUT2D eigenvalue weighted by molar-refractivity contribution is -0.146. The van der Waals surface area contributed by atoms with E-state index < -0.39 is 16.8 Å². The van der Waals surface area contributed by atoms with Crippen LogP contribution in [0.4, 0.5) is 11.5 Å². The van der Waals surface area contributed by atoms with E-state index in [1.54, 1.807) is 28.1 Å². The van der Waals surface area contributed by atoms with Crippen LogP contribution in [0.5, 0.6) is 0 Å². The van der Waals surface area contributed by atoms with E-state index in [0.717, 1.165) is 27.8 Å². The van der Waals surface area contributed by atoms with Gasteiger partial charge in [0, 0.05) is 54.6 Å². The third-order valence-electron chi connectivity index (χ3n) is 11.0. The number of hydrogen-bond acceptors (Lipinski definition) is 7. The van der Waals surface area contributed by atoms with Crippen LogP contribution in [-0.4, -0.2) is 76.2 Å². The first-order valence-electron chi connectivity index (χ1n) is 17.8. The molecule has 272 valence electrons. The molecule has 3 aliphatic rings. The first-order chi connectivity index (χ1) is 25.5. The maximum atomic E-state index is 14.5. The number of carbonyl (C=O) groups excluding carboxylic acids is 4. The number of amides is 4. The molecule has 2 aliphatic heterocycles. The van der Waals surface area contributed by atoms with Gasteiger partial charge in [0.05, 0.1) is 11.0 Å². The van der Waals surface area contributed by atoms with Crippen molar-refractivity contribution < 1.29 is 29.1 Å². The van der Waals surface area contributed by atoms with Crippen LogP contribution < -0.4 is 16.0 Å². The predicted octanol–water partition coefficient (Wildman–Crippen LogP) is 4.40. The highest BCUT2D eigenvalue weighted by molar-refractivity contribution is 6.06. The molecule has 0 saturated carbocycles. The molecule has 1 aliphatic carbocycles. The Balaban J connectivity index is 1.07. The van der Waals surface area contributed by atoms with Gasteiger partial charge < -0.3 is 30.9 Å². The van der Waals surface area contributed by atoms with Crippen LogP contribution in [0.25, 0.3) is 0 Å². The van der Waals surface area contributed by atoms with Crippen molar-refractivity contribution in [1.29, 1.82) is 0 Å². The molecule has 1 saturated heterocycles. The molecule has 4 amide bonds. The standard InChI is InChI=1S/C41H42N6O6/c1-40(14-17-46(18-15-40)36(49)26-9-5-10-27(19-26)37(50)51)39(53)47(24-30-8-4-3-7-29(30)23-42-2)25-34(48)44-32-13-12-28-21-41(22-31(28)20-32)33-11-6-16-43-35(33)45-38(41)52/h3-13,16,19-20,42H,14-15,17-18,21-25H2,1-2H3,(H,44,48)(H,50,51)(H,43,45,52)/t41-/m1/s1. The number of nitrogens with zero attached hydrogens (tertiary/aromatic N) is 3. The third kappa shape index (κ3) is 6.89. The Morgan fingerprint density at radius 3 is 2.40 bits per heavy atom. The summed E-state index contributed by atoms with van der Waals surface area (Å²) < 4.78 is 0. The molecule has 3 heterocycles. The van der Waals surface area contributed by atoms with Crippen LogP contribution >= 0.6 is 0 Å². The summed E-state index contributed by atoms with van der Waals surface area (Å²) in [5.74, 6) is -1.40. The molecule has 3 aromatic carbocycles. The van der Waals surface area contributed by atoms with Crippen LogP contribution in [0, 0.1) is 5.41 Å². The fourth-order valence-electron chi connectivity index (χ4n) is 7.97. The first-order valence-corrected chi connectivity index (χ1v) is 17.8. The number of piperidine rings is 1. The maximum Gasteiger partial charge on any atom is 0.335 e. The SMILES string of the molecule is CNCc1ccccc1CN(CC(=O)Nc1ccc2c(c1)C[C@@]1(C2)C(=O)Nc2ncccc21)C(=O)C1(C)CCN(C(=O)c2cccc(C(=O)O)c2)CC1. The van der Waals surface area contributed by atoms with E-state index in [4.69, 9.17) is 0 Å². The summed E-state index contributed by atoms with van der Waals surface area (Å²) in [5.41, 5.74) is 4.19. The van der Waals surface area contributed by atoms with Gasteiger partial charge in [0.1, 0.15) is 12.4 Å². The quantitative estimate of drug-likeness (QED) is 0.188. The predicted molar refractivity (Wildman–Crippen MR) is 198 cm³/mol. The second-order valence-corrected chi connectivity index (χ2v) is 14.5. The molecule has 1 aromatic heterocycles. The fourth-order valence-corrected chi connectivity index (χ4v) is 7.97. The minimum atomic E-state index is -1.11. The van der Waals surface area contributed by atoms with Crippen LogP contribution in [0.2, 0.25) is 0 Å². The number of aromatic carboxylic acids is 1. The minimum absolute atomic E-state index is 0.0358. The number of aromatic nitrogens is 1. The lowest BCUT2D eigenvalue weighted by Gasteiger charge is -2.41. The van der Waals surface area contributed by atoms with Gasteiger partial charge in [0.2, 0.25) is 17.7 Å². The molecule has 53 heavy (non-hydrogen) atoms. The smallest absolute Gasteiger partial charge is 0.335 e. The van der Waals surface area contributed by atoms with Crippen molar-refractivity contribution in [2.24, 2.45) is 5.41 Å². The van der Waals surface area contributed by atoms with Crippen molar-refractivity contribution >= 4 is 41.1 Å². The second-order valence-electron chi connectivity index (χ2n) is 14.5. The van der Waals surface area contributed by atoms with Crippen LogP contribution in [0.3, 0.4) is 0 Å². The molecule has 0 radical (unpaired) electrons. The van der Waals surface area contributed by atoms with E-state index in [9.17, 15) is 29.1 Å². The lowest BCUT2D eigenvalue weighted by atomic mass is 9.78. The maximum absolute atomic E-state index is 14.5. The number of anilines is 2. The zero-order chi connectivity index (χ0) is 37.3. The van der Waals surface area contributed by atoms with E-state index in [-0.39, 0.29) is 47.8 Å². The number of nitrogens with one attached hydrogen (secondary N) is 3. The summed E-state index contributed by atoms with van der Waals surface area (Å²) in [7, 11) is 1.86. The molecule has 0 bridgehead atoms. The van der Waals surface area contributed by atoms with Crippen molar-refractivity contribution in [1.82, 2.24) is 20.1 Å². The number of pyridine rings is 1. The highest BCUT2D eigenvalue weighted by atomic mass is 16.4. The summed E-state index contributed by atoms with van der Waals surface area (Å²) in [4.78, 5) is 73.8. The summed E-state index contributed by atoms with van der Waals surface area (Å²) >= 11 is 0. The van der Waals surface area contributed by atoms with Gasteiger partial charge in [-0.05, 0) is 91.4 Å². The van der Waals surface area contributed by atoms with Gasteiger partial charge in [-0.3, -0.25) is 19.2 Å². The van der Waals surface area contributed by atoms with Crippen molar-refractivity contribution in [3.63, 3.8) is 0 Å². The molecule has 4 N–H and O–H groups in total. The topological polar surface area (TPSA) is 161 Å². The van der Waals surface area contributed by atoms with E-state index in [1.165, 1.54) is 12.1 Å². The Morgan fingerprint density at radius 1 is 0.906 bits per heavy atom. The second kappa shape index (κ2) is 14.3. The van der Waals surface area contributed by atoms with E-state index in [0.29, 0.717) is 56.8 Å². The summed E-state index contributed by atoms with van der Waals surface area (Å²) in [6.07, 6.45) is 3.46.